The molecule has 44 heavy (non-hydrogen) atoms. The number of aliphatic hydroxyl groups is 1. The number of aromatic hydroxyl groups is 1. The van der Waals surface area contributed by atoms with Crippen LogP contribution in [-0.2, 0) is 6.42 Å². The molecular weight excluding hydrogens is 580 g/mol. The van der Waals surface area contributed by atoms with E-state index in [0.29, 0.717) is 31.6 Å². The minimum atomic E-state index is -5.46. The highest BCUT2D eigenvalue weighted by Crippen LogP contribution is 2.66. The van der Waals surface area contributed by atoms with Gasteiger partial charge in [0.25, 0.3) is 0 Å². The highest BCUT2D eigenvalue weighted by Gasteiger charge is 2.63. The third-order valence-electron chi connectivity index (χ3n) is 11.7. The standard InChI is InChI=1S/C35H53F6NO2/c1-32-23-29(36)31-27-15-14-26(43)22-25(27)21-24(30(31)28(32)16-18-33(32,2)44)13-9-8-12-20-42(3)19-11-7-5-4-6-10-17-34(37,38)35(39,40)41/h14-15,22,24,28-31,43-44H,4-13,16-21,23H2,1-3H3. The highest BCUT2D eigenvalue weighted by molar-refractivity contribution is 5.41. The Labute approximate surface area is 259 Å². The Bertz CT molecular complexity index is 1080. The molecule has 0 saturated heterocycles. The summed E-state index contributed by atoms with van der Waals surface area (Å²) in [6, 6.07) is 5.44. The molecule has 1 aromatic rings. The van der Waals surface area contributed by atoms with Crippen molar-refractivity contribution >= 4 is 0 Å². The Balaban J connectivity index is 1.18. The molecule has 9 heteroatoms. The Morgan fingerprint density at radius 2 is 1.52 bits per heavy atom. The number of unbranched alkanes of at least 4 members (excludes halogenated alkanes) is 7. The first-order chi connectivity index (χ1) is 20.6. The van der Waals surface area contributed by atoms with Crippen molar-refractivity contribution in [1.29, 1.82) is 0 Å². The number of fused-ring (bicyclic) bond motifs is 5. The van der Waals surface area contributed by atoms with Crippen LogP contribution in [0, 0.1) is 23.2 Å². The molecule has 0 spiro atoms. The van der Waals surface area contributed by atoms with Crippen LogP contribution in [0.3, 0.4) is 0 Å². The average molecular weight is 634 g/mol. The topological polar surface area (TPSA) is 43.7 Å². The van der Waals surface area contributed by atoms with E-state index in [1.807, 2.05) is 19.1 Å². The van der Waals surface area contributed by atoms with E-state index in [-0.39, 0.29) is 29.9 Å². The van der Waals surface area contributed by atoms with Gasteiger partial charge in [-0.15, -0.1) is 0 Å². The minimum Gasteiger partial charge on any atom is -0.508 e. The zero-order valence-corrected chi connectivity index (χ0v) is 26.7. The van der Waals surface area contributed by atoms with Gasteiger partial charge in [0.05, 0.1) is 5.60 Å². The minimum absolute atomic E-state index is 0.112. The van der Waals surface area contributed by atoms with Crippen LogP contribution < -0.4 is 0 Å². The molecule has 0 aromatic heterocycles. The van der Waals surface area contributed by atoms with E-state index < -0.39 is 35.7 Å². The maximum atomic E-state index is 16.1. The zero-order valence-electron chi connectivity index (χ0n) is 26.7. The number of benzene rings is 1. The second-order valence-corrected chi connectivity index (χ2v) is 14.7. The molecule has 2 fully saturated rings. The van der Waals surface area contributed by atoms with Crippen LogP contribution in [0.4, 0.5) is 26.3 Å². The first kappa shape index (κ1) is 35.4. The SMILES string of the molecule is CN(CCCCCCCCC(F)(F)C(F)(F)F)CCCCCC1Cc2cc(O)ccc2C2C(F)CC3(C)C(CCC3(C)O)C12. The number of hydrogen-bond donors (Lipinski definition) is 2. The van der Waals surface area contributed by atoms with Crippen molar-refractivity contribution in [3.8, 4) is 5.75 Å². The highest BCUT2D eigenvalue weighted by atomic mass is 19.4. The first-order valence-electron chi connectivity index (χ1n) is 16.9. The summed E-state index contributed by atoms with van der Waals surface area (Å²) in [5, 5.41) is 21.5. The van der Waals surface area contributed by atoms with E-state index in [4.69, 9.17) is 0 Å². The number of phenols is 1. The predicted molar refractivity (Wildman–Crippen MR) is 162 cm³/mol. The summed E-state index contributed by atoms with van der Waals surface area (Å²) in [6.45, 7) is 5.90. The largest absolute Gasteiger partial charge is 0.508 e. The van der Waals surface area contributed by atoms with Crippen LogP contribution >= 0.6 is 0 Å². The number of hydrogen-bond acceptors (Lipinski definition) is 3. The molecule has 2 N–H and O–H groups in total. The van der Waals surface area contributed by atoms with E-state index in [1.165, 1.54) is 0 Å². The lowest BCUT2D eigenvalue weighted by molar-refractivity contribution is -0.284. The number of rotatable bonds is 15. The molecule has 3 aliphatic rings. The van der Waals surface area contributed by atoms with Gasteiger partial charge in [0.1, 0.15) is 11.9 Å². The van der Waals surface area contributed by atoms with Crippen molar-refractivity contribution < 1.29 is 36.6 Å². The van der Waals surface area contributed by atoms with E-state index in [9.17, 15) is 32.2 Å². The molecular formula is C35H53F6NO2. The number of phenolic OH excluding ortho intramolecular Hbond substituents is 1. The van der Waals surface area contributed by atoms with Crippen molar-refractivity contribution in [2.24, 2.45) is 23.2 Å². The van der Waals surface area contributed by atoms with Crippen LogP contribution in [0.25, 0.3) is 0 Å². The summed E-state index contributed by atoms with van der Waals surface area (Å²) in [5.74, 6) is -3.73. The van der Waals surface area contributed by atoms with Crippen molar-refractivity contribution in [2.75, 3.05) is 20.1 Å². The fourth-order valence-electron chi connectivity index (χ4n) is 8.94. The van der Waals surface area contributed by atoms with Crippen LogP contribution in [0.5, 0.6) is 5.75 Å². The van der Waals surface area contributed by atoms with Crippen LogP contribution in [-0.4, -0.2) is 59.1 Å². The fourth-order valence-corrected chi connectivity index (χ4v) is 8.94. The zero-order chi connectivity index (χ0) is 32.3. The van der Waals surface area contributed by atoms with E-state index in [1.54, 1.807) is 6.07 Å². The lowest BCUT2D eigenvalue weighted by Crippen LogP contribution is -2.54. The van der Waals surface area contributed by atoms with Crippen LogP contribution in [0.2, 0.25) is 0 Å². The first-order valence-corrected chi connectivity index (χ1v) is 16.9. The predicted octanol–water partition coefficient (Wildman–Crippen LogP) is 9.59. The lowest BCUT2D eigenvalue weighted by Gasteiger charge is -2.56. The van der Waals surface area contributed by atoms with Crippen LogP contribution in [0.15, 0.2) is 18.2 Å². The molecule has 0 bridgehead atoms. The third kappa shape index (κ3) is 7.72. The summed E-state index contributed by atoms with van der Waals surface area (Å²) >= 11 is 0. The van der Waals surface area contributed by atoms with Gasteiger partial charge >= 0.3 is 12.1 Å². The summed E-state index contributed by atoms with van der Waals surface area (Å²) in [6.07, 6.45) is 3.17. The van der Waals surface area contributed by atoms with Crippen molar-refractivity contribution in [3.05, 3.63) is 29.3 Å². The molecule has 1 aromatic carbocycles. The molecule has 4 rings (SSSR count). The molecule has 7 unspecified atom stereocenters. The summed E-state index contributed by atoms with van der Waals surface area (Å²) in [7, 11) is 2.09. The fraction of sp³-hybridized carbons (Fsp3) is 0.829. The second-order valence-electron chi connectivity index (χ2n) is 14.7. The number of nitrogens with zero attached hydrogens (tertiary/aromatic N) is 1. The molecule has 0 radical (unpaired) electrons. The smallest absolute Gasteiger partial charge is 0.453 e. The van der Waals surface area contributed by atoms with Crippen molar-refractivity contribution in [2.45, 2.75) is 140 Å². The van der Waals surface area contributed by atoms with Crippen molar-refractivity contribution in [1.82, 2.24) is 4.90 Å². The molecule has 7 atom stereocenters. The van der Waals surface area contributed by atoms with Gasteiger partial charge in [0.2, 0.25) is 0 Å². The van der Waals surface area contributed by atoms with Crippen LogP contribution in [0.1, 0.15) is 121 Å². The molecule has 0 heterocycles. The van der Waals surface area contributed by atoms with Gasteiger partial charge in [-0.2, -0.15) is 22.0 Å². The summed E-state index contributed by atoms with van der Waals surface area (Å²) < 4.78 is 78.7. The molecule has 0 amide bonds. The monoisotopic (exact) mass is 633 g/mol. The Morgan fingerprint density at radius 3 is 2.18 bits per heavy atom. The third-order valence-corrected chi connectivity index (χ3v) is 11.7. The number of alkyl halides is 6. The van der Waals surface area contributed by atoms with E-state index in [2.05, 4.69) is 18.9 Å². The molecule has 0 aliphatic heterocycles. The molecule has 2 saturated carbocycles. The van der Waals surface area contributed by atoms with Gasteiger partial charge in [-0.25, -0.2) is 4.39 Å². The lowest BCUT2D eigenvalue weighted by atomic mass is 9.50. The Kier molecular flexibility index (Phi) is 11.3. The van der Waals surface area contributed by atoms with Crippen molar-refractivity contribution in [3.63, 3.8) is 0 Å². The summed E-state index contributed by atoms with van der Waals surface area (Å²) in [4.78, 5) is 2.29. The quantitative estimate of drug-likeness (QED) is 0.149. The van der Waals surface area contributed by atoms with Gasteiger partial charge in [0.15, 0.2) is 0 Å². The van der Waals surface area contributed by atoms with Gasteiger partial charge < -0.3 is 15.1 Å². The normalized spacial score (nSPS) is 32.0. The van der Waals surface area contributed by atoms with Gasteiger partial charge in [-0.3, -0.25) is 0 Å². The second kappa shape index (κ2) is 14.1. The maximum Gasteiger partial charge on any atom is 0.453 e. The average Bonchev–Trinajstić information content (AvgIpc) is 3.16. The summed E-state index contributed by atoms with van der Waals surface area (Å²) in [5.41, 5.74) is 0.845. The number of halogens is 6. The van der Waals surface area contributed by atoms with E-state index in [0.717, 1.165) is 82.0 Å². The molecule has 3 nitrogen and oxygen atoms in total. The van der Waals surface area contributed by atoms with E-state index >= 15 is 4.39 Å². The molecule has 3 aliphatic carbocycles. The Morgan fingerprint density at radius 1 is 0.909 bits per heavy atom. The molecule has 252 valence electrons. The van der Waals surface area contributed by atoms with Gasteiger partial charge in [-0.05, 0) is 119 Å². The van der Waals surface area contributed by atoms with Gasteiger partial charge in [-0.1, -0.05) is 51.5 Å². The maximum absolute atomic E-state index is 16.1. The van der Waals surface area contributed by atoms with Gasteiger partial charge in [0, 0.05) is 17.8 Å². The Hall–Kier alpha value is -1.48.